The van der Waals surface area contributed by atoms with E-state index < -0.39 is 11.9 Å². The van der Waals surface area contributed by atoms with Crippen LogP contribution in [-0.4, -0.2) is 39.2 Å². The maximum absolute atomic E-state index is 12.7. The molecule has 2 aromatic rings. The van der Waals surface area contributed by atoms with Crippen LogP contribution >= 0.6 is 0 Å². The van der Waals surface area contributed by atoms with Crippen molar-refractivity contribution in [2.75, 3.05) is 32.2 Å². The van der Waals surface area contributed by atoms with Crippen LogP contribution in [0, 0.1) is 0 Å². The molecule has 0 heterocycles. The summed E-state index contributed by atoms with van der Waals surface area (Å²) in [5, 5.41) is 0. The minimum absolute atomic E-state index is 0.118. The summed E-state index contributed by atoms with van der Waals surface area (Å²) in [4.78, 5) is 26.8. The van der Waals surface area contributed by atoms with Crippen molar-refractivity contribution in [3.63, 3.8) is 0 Å². The summed E-state index contributed by atoms with van der Waals surface area (Å²) in [6, 6.07) is 9.68. The maximum atomic E-state index is 12.7. The van der Waals surface area contributed by atoms with Gasteiger partial charge in [-0.15, -0.1) is 0 Å². The number of carbonyl (C=O) groups is 2. The van der Waals surface area contributed by atoms with E-state index in [0.717, 1.165) is 18.8 Å². The second kappa shape index (κ2) is 9.61. The number of methoxy groups -OCH3 is 2. The quantitative estimate of drug-likeness (QED) is 0.236. The Morgan fingerprint density at radius 1 is 0.964 bits per heavy atom. The Kier molecular flexibility index (Phi) is 7.22. The van der Waals surface area contributed by atoms with Gasteiger partial charge in [0, 0.05) is 24.8 Å². The van der Waals surface area contributed by atoms with Crippen molar-refractivity contribution in [2.24, 2.45) is 5.84 Å². The third-order valence-corrected chi connectivity index (χ3v) is 4.29. The summed E-state index contributed by atoms with van der Waals surface area (Å²) in [5.41, 5.74) is 3.31. The lowest BCUT2D eigenvalue weighted by Gasteiger charge is -2.22. The van der Waals surface area contributed by atoms with Crippen molar-refractivity contribution >= 4 is 17.6 Å². The summed E-state index contributed by atoms with van der Waals surface area (Å²) < 4.78 is 15.9. The number of nitrogens with zero attached hydrogens (tertiary/aromatic N) is 1. The number of nitrogens with one attached hydrogen (secondary N) is 1. The molecule has 28 heavy (non-hydrogen) atoms. The Bertz CT molecular complexity index is 850. The molecular weight excluding hydrogens is 362 g/mol. The zero-order valence-electron chi connectivity index (χ0n) is 16.4. The molecule has 0 spiro atoms. The largest absolute Gasteiger partial charge is 0.493 e. The summed E-state index contributed by atoms with van der Waals surface area (Å²) >= 11 is 0. The van der Waals surface area contributed by atoms with Gasteiger partial charge in [0.05, 0.1) is 25.3 Å². The summed E-state index contributed by atoms with van der Waals surface area (Å²) in [6.07, 6.45) is 0. The standard InChI is InChI=1S/C20H25N3O5/c1-5-23(6-2)14-8-9-15(19(24)22-21)17(12-14)28-20(25)13-7-10-16(26-3)18(11-13)27-4/h7-12H,5-6,21H2,1-4H3,(H,22,24). The molecule has 0 saturated carbocycles. The maximum Gasteiger partial charge on any atom is 0.343 e. The van der Waals surface area contributed by atoms with Gasteiger partial charge in [-0.3, -0.25) is 10.2 Å². The van der Waals surface area contributed by atoms with Crippen LogP contribution in [0.15, 0.2) is 36.4 Å². The lowest BCUT2D eigenvalue weighted by Crippen LogP contribution is -2.31. The summed E-state index contributed by atoms with van der Waals surface area (Å²) in [7, 11) is 2.98. The molecule has 8 nitrogen and oxygen atoms in total. The summed E-state index contributed by atoms with van der Waals surface area (Å²) in [6.45, 7) is 5.56. The number of rotatable bonds is 8. The number of esters is 1. The predicted octanol–water partition coefficient (Wildman–Crippen LogP) is 2.37. The molecule has 150 valence electrons. The van der Waals surface area contributed by atoms with Crippen LogP contribution < -0.4 is 30.4 Å². The van der Waals surface area contributed by atoms with Gasteiger partial charge in [0.25, 0.3) is 5.91 Å². The lowest BCUT2D eigenvalue weighted by atomic mass is 10.1. The van der Waals surface area contributed by atoms with Crippen LogP contribution in [0.5, 0.6) is 17.2 Å². The average Bonchev–Trinajstić information content (AvgIpc) is 2.73. The van der Waals surface area contributed by atoms with Crippen LogP contribution in [0.3, 0.4) is 0 Å². The first-order valence-corrected chi connectivity index (χ1v) is 8.83. The molecule has 0 radical (unpaired) electrons. The fourth-order valence-corrected chi connectivity index (χ4v) is 2.77. The summed E-state index contributed by atoms with van der Waals surface area (Å²) in [5.74, 6) is 5.07. The molecule has 0 aliphatic carbocycles. The third kappa shape index (κ3) is 4.52. The Balaban J connectivity index is 2.40. The molecule has 0 atom stereocenters. The Labute approximate surface area is 164 Å². The van der Waals surface area contributed by atoms with E-state index in [4.69, 9.17) is 20.1 Å². The molecule has 0 unspecified atom stereocenters. The number of ether oxygens (including phenoxy) is 3. The first-order chi connectivity index (χ1) is 13.5. The molecule has 2 rings (SSSR count). The Morgan fingerprint density at radius 2 is 1.64 bits per heavy atom. The Morgan fingerprint density at radius 3 is 2.21 bits per heavy atom. The third-order valence-electron chi connectivity index (χ3n) is 4.29. The number of hydrazine groups is 1. The minimum Gasteiger partial charge on any atom is -0.493 e. The topological polar surface area (TPSA) is 103 Å². The van der Waals surface area contributed by atoms with Crippen LogP contribution in [0.1, 0.15) is 34.6 Å². The number of nitrogen functional groups attached to an aromatic ring is 1. The van der Waals surface area contributed by atoms with Gasteiger partial charge in [0.15, 0.2) is 11.5 Å². The lowest BCUT2D eigenvalue weighted by molar-refractivity contribution is 0.0731. The highest BCUT2D eigenvalue weighted by Crippen LogP contribution is 2.30. The number of hydrogen-bond donors (Lipinski definition) is 2. The molecule has 0 fully saturated rings. The van der Waals surface area contributed by atoms with Crippen LogP contribution in [0.25, 0.3) is 0 Å². The van der Waals surface area contributed by atoms with Crippen LogP contribution in [0.2, 0.25) is 0 Å². The van der Waals surface area contributed by atoms with Gasteiger partial charge < -0.3 is 19.1 Å². The number of anilines is 1. The van der Waals surface area contributed by atoms with Gasteiger partial charge in [-0.2, -0.15) is 0 Å². The van der Waals surface area contributed by atoms with E-state index in [1.54, 1.807) is 30.3 Å². The van der Waals surface area contributed by atoms with E-state index in [1.807, 2.05) is 13.8 Å². The van der Waals surface area contributed by atoms with Crippen LogP contribution in [0.4, 0.5) is 5.69 Å². The van der Waals surface area contributed by atoms with Crippen molar-refractivity contribution in [1.29, 1.82) is 0 Å². The van der Waals surface area contributed by atoms with Gasteiger partial charge in [-0.25, -0.2) is 10.6 Å². The van der Waals surface area contributed by atoms with Gasteiger partial charge in [-0.1, -0.05) is 0 Å². The number of hydrogen-bond acceptors (Lipinski definition) is 7. The molecule has 3 N–H and O–H groups in total. The van der Waals surface area contributed by atoms with Gasteiger partial charge >= 0.3 is 5.97 Å². The van der Waals surface area contributed by atoms with Crippen molar-refractivity contribution < 1.29 is 23.8 Å². The van der Waals surface area contributed by atoms with E-state index in [0.29, 0.717) is 11.5 Å². The average molecular weight is 387 g/mol. The van der Waals surface area contributed by atoms with Crippen LogP contribution in [-0.2, 0) is 0 Å². The fourth-order valence-electron chi connectivity index (χ4n) is 2.77. The second-order valence-corrected chi connectivity index (χ2v) is 5.79. The molecule has 0 aliphatic rings. The van der Waals surface area contributed by atoms with E-state index in [-0.39, 0.29) is 16.9 Å². The molecule has 0 aliphatic heterocycles. The number of amides is 1. The first-order valence-electron chi connectivity index (χ1n) is 8.83. The van der Waals surface area contributed by atoms with Crippen molar-refractivity contribution in [2.45, 2.75) is 13.8 Å². The second-order valence-electron chi connectivity index (χ2n) is 5.79. The van der Waals surface area contributed by atoms with E-state index in [1.165, 1.54) is 20.3 Å². The van der Waals surface area contributed by atoms with E-state index in [2.05, 4.69) is 10.3 Å². The molecular formula is C20H25N3O5. The van der Waals surface area contributed by atoms with Gasteiger partial charge in [0.1, 0.15) is 5.75 Å². The predicted molar refractivity (Wildman–Crippen MR) is 106 cm³/mol. The van der Waals surface area contributed by atoms with Gasteiger partial charge in [0.2, 0.25) is 0 Å². The van der Waals surface area contributed by atoms with Crippen molar-refractivity contribution in [3.05, 3.63) is 47.5 Å². The highest BCUT2D eigenvalue weighted by atomic mass is 16.5. The normalized spacial score (nSPS) is 10.2. The monoisotopic (exact) mass is 387 g/mol. The fraction of sp³-hybridized carbons (Fsp3) is 0.300. The van der Waals surface area contributed by atoms with Crippen molar-refractivity contribution in [3.8, 4) is 17.2 Å². The molecule has 2 aromatic carbocycles. The molecule has 0 aromatic heterocycles. The number of benzene rings is 2. The zero-order valence-corrected chi connectivity index (χ0v) is 16.4. The molecule has 0 saturated heterocycles. The van der Waals surface area contributed by atoms with Crippen molar-refractivity contribution in [1.82, 2.24) is 5.43 Å². The smallest absolute Gasteiger partial charge is 0.343 e. The SMILES string of the molecule is CCN(CC)c1ccc(C(=O)NN)c(OC(=O)c2ccc(OC)c(OC)c2)c1. The molecule has 0 bridgehead atoms. The number of nitrogens with two attached hydrogens (primary N) is 1. The van der Waals surface area contributed by atoms with E-state index >= 15 is 0 Å². The van der Waals surface area contributed by atoms with E-state index in [9.17, 15) is 9.59 Å². The highest BCUT2D eigenvalue weighted by molar-refractivity contribution is 5.99. The zero-order chi connectivity index (χ0) is 20.7. The van der Waals surface area contributed by atoms with Gasteiger partial charge in [-0.05, 0) is 44.2 Å². The highest BCUT2D eigenvalue weighted by Gasteiger charge is 2.19. The Hall–Kier alpha value is -3.26. The molecule has 8 heteroatoms. The minimum atomic E-state index is -0.635. The first kappa shape index (κ1) is 21.0. The molecule has 1 amide bonds. The number of carbonyl (C=O) groups excluding carboxylic acids is 2.